The van der Waals surface area contributed by atoms with E-state index in [0.29, 0.717) is 5.02 Å². The minimum absolute atomic E-state index is 0.236. The third kappa shape index (κ3) is 1.26. The maximum Gasteiger partial charge on any atom is 0.143 e. The van der Waals surface area contributed by atoms with Crippen molar-refractivity contribution in [2.45, 2.75) is 0 Å². The van der Waals surface area contributed by atoms with E-state index in [-0.39, 0.29) is 10.8 Å². The summed E-state index contributed by atoms with van der Waals surface area (Å²) in [5, 5.41) is 0.573. The van der Waals surface area contributed by atoms with E-state index in [2.05, 4.69) is 11.1 Å². The third-order valence-electron chi connectivity index (χ3n) is 0.812. The maximum absolute atomic E-state index is 5.53. The molecule has 47 valence electrons. The van der Waals surface area contributed by atoms with Crippen LogP contribution in [0.15, 0.2) is 6.20 Å². The van der Waals surface area contributed by atoms with Crippen molar-refractivity contribution in [2.75, 3.05) is 5.73 Å². The van der Waals surface area contributed by atoms with E-state index in [1.807, 2.05) is 0 Å². The Kier molecular flexibility index (Phi) is 1.78. The standard InChI is InChI=1S/C5H3Cl2N2/c6-3-1-2-9-5(8)4(3)7/h2H,(H2,8,9). The van der Waals surface area contributed by atoms with Gasteiger partial charge in [0.25, 0.3) is 0 Å². The Morgan fingerprint density at radius 1 is 1.56 bits per heavy atom. The summed E-state index contributed by atoms with van der Waals surface area (Å²) in [7, 11) is 0. The molecule has 0 aliphatic heterocycles. The van der Waals surface area contributed by atoms with E-state index in [1.54, 1.807) is 0 Å². The molecule has 4 heteroatoms. The predicted octanol–water partition coefficient (Wildman–Crippen LogP) is 1.77. The number of pyridine rings is 1. The van der Waals surface area contributed by atoms with Crippen LogP contribution in [0.5, 0.6) is 0 Å². The number of halogens is 2. The molecule has 1 heterocycles. The minimum atomic E-state index is 0.236. The molecular formula is C5H3Cl2N2. The average molecular weight is 162 g/mol. The Labute approximate surface area is 62.6 Å². The van der Waals surface area contributed by atoms with Gasteiger partial charge in [-0.3, -0.25) is 0 Å². The van der Waals surface area contributed by atoms with Crippen molar-refractivity contribution in [3.8, 4) is 0 Å². The Morgan fingerprint density at radius 3 is 2.67 bits per heavy atom. The first-order valence-electron chi connectivity index (χ1n) is 2.19. The molecular weight excluding hydrogens is 159 g/mol. The summed E-state index contributed by atoms with van der Waals surface area (Å²) in [6.45, 7) is 0. The van der Waals surface area contributed by atoms with Crippen molar-refractivity contribution in [3.05, 3.63) is 22.3 Å². The molecule has 0 saturated carbocycles. The number of aromatic nitrogens is 1. The molecule has 0 saturated heterocycles. The van der Waals surface area contributed by atoms with Crippen LogP contribution in [0, 0.1) is 6.07 Å². The predicted molar refractivity (Wildman–Crippen MR) is 37.5 cm³/mol. The lowest BCUT2D eigenvalue weighted by molar-refractivity contribution is 1.33. The van der Waals surface area contributed by atoms with Crippen LogP contribution in [0.1, 0.15) is 0 Å². The molecule has 2 nitrogen and oxygen atoms in total. The van der Waals surface area contributed by atoms with Crippen molar-refractivity contribution in [1.29, 1.82) is 0 Å². The van der Waals surface area contributed by atoms with Gasteiger partial charge in [-0.1, -0.05) is 23.2 Å². The van der Waals surface area contributed by atoms with Gasteiger partial charge in [0.05, 0.1) is 5.02 Å². The van der Waals surface area contributed by atoms with E-state index in [1.165, 1.54) is 6.20 Å². The molecule has 0 unspecified atom stereocenters. The smallest absolute Gasteiger partial charge is 0.143 e. The highest BCUT2D eigenvalue weighted by molar-refractivity contribution is 6.43. The first-order chi connectivity index (χ1) is 4.22. The Bertz CT molecular complexity index is 204. The van der Waals surface area contributed by atoms with Crippen molar-refractivity contribution in [1.82, 2.24) is 4.98 Å². The molecule has 0 fully saturated rings. The molecule has 1 aromatic rings. The zero-order valence-corrected chi connectivity index (χ0v) is 5.87. The number of rotatable bonds is 0. The van der Waals surface area contributed by atoms with Crippen LogP contribution in [0.25, 0.3) is 0 Å². The van der Waals surface area contributed by atoms with Crippen molar-refractivity contribution >= 4 is 29.0 Å². The van der Waals surface area contributed by atoms with Crippen molar-refractivity contribution in [2.24, 2.45) is 0 Å². The fourth-order valence-electron chi connectivity index (χ4n) is 0.391. The lowest BCUT2D eigenvalue weighted by atomic mass is 10.5. The second-order valence-electron chi connectivity index (χ2n) is 1.42. The fourth-order valence-corrected chi connectivity index (χ4v) is 0.640. The molecule has 0 aliphatic rings. The van der Waals surface area contributed by atoms with Crippen LogP contribution in [-0.2, 0) is 0 Å². The maximum atomic E-state index is 5.53. The van der Waals surface area contributed by atoms with Gasteiger partial charge < -0.3 is 5.73 Å². The van der Waals surface area contributed by atoms with E-state index in [9.17, 15) is 0 Å². The number of nitrogen functional groups attached to an aromatic ring is 1. The molecule has 1 aromatic heterocycles. The lowest BCUT2D eigenvalue weighted by Gasteiger charge is -1.94. The van der Waals surface area contributed by atoms with Crippen LogP contribution < -0.4 is 5.73 Å². The Balaban J connectivity index is 3.25. The quantitative estimate of drug-likeness (QED) is 0.631. The van der Waals surface area contributed by atoms with Crippen LogP contribution in [0.4, 0.5) is 5.82 Å². The molecule has 0 atom stereocenters. The van der Waals surface area contributed by atoms with Crippen LogP contribution in [0.3, 0.4) is 0 Å². The second kappa shape index (κ2) is 2.42. The second-order valence-corrected chi connectivity index (χ2v) is 2.17. The van der Waals surface area contributed by atoms with Crippen LogP contribution >= 0.6 is 23.2 Å². The Hall–Kier alpha value is -0.470. The molecule has 1 radical (unpaired) electrons. The number of nitrogens with zero attached hydrogens (tertiary/aromatic N) is 1. The topological polar surface area (TPSA) is 38.9 Å². The summed E-state index contributed by atoms with van der Waals surface area (Å²) in [4.78, 5) is 3.65. The molecule has 2 N–H and O–H groups in total. The van der Waals surface area contributed by atoms with Gasteiger partial charge in [-0.25, -0.2) is 4.98 Å². The largest absolute Gasteiger partial charge is 0.382 e. The van der Waals surface area contributed by atoms with Crippen LogP contribution in [0.2, 0.25) is 10.0 Å². The zero-order valence-electron chi connectivity index (χ0n) is 4.36. The highest BCUT2D eigenvalue weighted by Crippen LogP contribution is 2.24. The monoisotopic (exact) mass is 161 g/mol. The molecule has 0 spiro atoms. The van der Waals surface area contributed by atoms with Gasteiger partial charge in [0.15, 0.2) is 0 Å². The molecule has 0 aliphatic carbocycles. The average Bonchev–Trinajstić information content (AvgIpc) is 1.83. The summed E-state index contributed by atoms with van der Waals surface area (Å²) < 4.78 is 0. The summed E-state index contributed by atoms with van der Waals surface area (Å²) in [6, 6.07) is 2.58. The van der Waals surface area contributed by atoms with Crippen LogP contribution in [-0.4, -0.2) is 4.98 Å². The number of anilines is 1. The van der Waals surface area contributed by atoms with Gasteiger partial charge in [-0.15, -0.1) is 0 Å². The third-order valence-corrected chi connectivity index (χ3v) is 1.59. The SMILES string of the molecule is Nc1nc[c]c(Cl)c1Cl. The van der Waals surface area contributed by atoms with Gasteiger partial charge in [-0.05, 0) is 0 Å². The normalized spacial score (nSPS) is 9.56. The van der Waals surface area contributed by atoms with E-state index >= 15 is 0 Å². The van der Waals surface area contributed by atoms with E-state index in [0.717, 1.165) is 0 Å². The number of hydrogen-bond acceptors (Lipinski definition) is 2. The minimum Gasteiger partial charge on any atom is -0.382 e. The first kappa shape index (κ1) is 6.65. The highest BCUT2D eigenvalue weighted by Gasteiger charge is 1.99. The van der Waals surface area contributed by atoms with Gasteiger partial charge >= 0.3 is 0 Å². The van der Waals surface area contributed by atoms with E-state index in [4.69, 9.17) is 28.9 Å². The summed E-state index contributed by atoms with van der Waals surface area (Å²) in [5.41, 5.74) is 5.27. The van der Waals surface area contributed by atoms with Crippen molar-refractivity contribution < 1.29 is 0 Å². The Morgan fingerprint density at radius 2 is 2.22 bits per heavy atom. The molecule has 1 rings (SSSR count). The zero-order chi connectivity index (χ0) is 6.85. The first-order valence-corrected chi connectivity index (χ1v) is 2.94. The van der Waals surface area contributed by atoms with Gasteiger partial charge in [0, 0.05) is 12.3 Å². The van der Waals surface area contributed by atoms with Gasteiger partial charge in [0.2, 0.25) is 0 Å². The molecule has 9 heavy (non-hydrogen) atoms. The summed E-state index contributed by atoms with van der Waals surface area (Å²) in [5.74, 6) is 0.236. The fraction of sp³-hybridized carbons (Fsp3) is 0. The lowest BCUT2D eigenvalue weighted by Crippen LogP contribution is -1.89. The number of nitrogens with two attached hydrogens (primary N) is 1. The van der Waals surface area contributed by atoms with Gasteiger partial charge in [0.1, 0.15) is 10.8 Å². The molecule has 0 aromatic carbocycles. The molecule has 0 amide bonds. The summed E-state index contributed by atoms with van der Waals surface area (Å²) >= 11 is 11.0. The highest BCUT2D eigenvalue weighted by atomic mass is 35.5. The van der Waals surface area contributed by atoms with E-state index < -0.39 is 0 Å². The molecule has 0 bridgehead atoms. The van der Waals surface area contributed by atoms with Crippen molar-refractivity contribution in [3.63, 3.8) is 0 Å². The summed E-state index contributed by atoms with van der Waals surface area (Å²) in [6.07, 6.45) is 1.38. The van der Waals surface area contributed by atoms with Gasteiger partial charge in [-0.2, -0.15) is 0 Å². The number of hydrogen-bond donors (Lipinski definition) is 1.